The summed E-state index contributed by atoms with van der Waals surface area (Å²) in [5.74, 6) is -0.215. The molecule has 0 aromatic rings. The van der Waals surface area contributed by atoms with Gasteiger partial charge in [0.2, 0.25) is 17.7 Å². The van der Waals surface area contributed by atoms with E-state index in [1.165, 1.54) is 6.42 Å². The second kappa shape index (κ2) is 11.0. The van der Waals surface area contributed by atoms with Gasteiger partial charge in [-0.25, -0.2) is 0 Å². The Kier molecular flexibility index (Phi) is 7.65. The highest BCUT2D eigenvalue weighted by Crippen LogP contribution is 2.34. The van der Waals surface area contributed by atoms with Gasteiger partial charge in [0.05, 0.1) is 31.3 Å². The number of morpholine rings is 1. The zero-order chi connectivity index (χ0) is 26.4. The molecule has 0 aromatic carbocycles. The normalized spacial score (nSPS) is 39.9. The van der Waals surface area contributed by atoms with E-state index in [1.807, 2.05) is 4.90 Å². The maximum atomic E-state index is 13.9. The highest BCUT2D eigenvalue weighted by atomic mass is 16.5. The Bertz CT molecular complexity index is 910. The predicted octanol–water partition coefficient (Wildman–Crippen LogP) is -0.763. The molecule has 7 atom stereocenters. The summed E-state index contributed by atoms with van der Waals surface area (Å²) in [6.45, 7) is 2.35. The number of nitrogens with one attached hydrogen (secondary N) is 1. The van der Waals surface area contributed by atoms with Gasteiger partial charge in [-0.3, -0.25) is 19.3 Å². The number of rotatable bonds is 2. The second-order valence-electron chi connectivity index (χ2n) is 12.2. The van der Waals surface area contributed by atoms with Gasteiger partial charge in [-0.15, -0.1) is 0 Å². The molecule has 6 rings (SSSR count). The van der Waals surface area contributed by atoms with Crippen molar-refractivity contribution in [1.82, 2.24) is 20.0 Å². The third-order valence-electron chi connectivity index (χ3n) is 9.39. The molecule has 4 saturated heterocycles. The first kappa shape index (κ1) is 26.4. The fourth-order valence-corrected chi connectivity index (χ4v) is 7.19. The number of carbonyl (C=O) groups excluding carboxylic acids is 3. The summed E-state index contributed by atoms with van der Waals surface area (Å²) in [5.41, 5.74) is 0. The first-order chi connectivity index (χ1) is 18.4. The van der Waals surface area contributed by atoms with Crippen molar-refractivity contribution in [2.75, 3.05) is 39.3 Å². The molecule has 4 aliphatic heterocycles. The summed E-state index contributed by atoms with van der Waals surface area (Å²) in [4.78, 5) is 46.0. The van der Waals surface area contributed by atoms with Crippen molar-refractivity contribution in [1.29, 1.82) is 0 Å². The molecule has 3 N–H and O–H groups in total. The summed E-state index contributed by atoms with van der Waals surface area (Å²) in [6.07, 6.45) is 3.43. The number of hydrogen-bond donors (Lipinski definition) is 3. The molecule has 0 spiro atoms. The van der Waals surface area contributed by atoms with E-state index < -0.39 is 24.4 Å². The molecular formula is C27H42N4O7. The molecule has 11 heteroatoms. The van der Waals surface area contributed by atoms with Crippen LogP contribution >= 0.6 is 0 Å². The van der Waals surface area contributed by atoms with E-state index in [0.717, 1.165) is 38.5 Å². The van der Waals surface area contributed by atoms with E-state index in [4.69, 9.17) is 9.47 Å². The number of nitrogens with zero attached hydrogens (tertiary/aromatic N) is 3. The number of aliphatic hydroxyl groups is 2. The monoisotopic (exact) mass is 534 g/mol. The van der Waals surface area contributed by atoms with Crippen LogP contribution < -0.4 is 5.32 Å². The van der Waals surface area contributed by atoms with Crippen molar-refractivity contribution in [2.45, 2.75) is 106 Å². The molecular weight excluding hydrogens is 492 g/mol. The number of carbonyl (C=O) groups is 3. The third kappa shape index (κ3) is 5.45. The van der Waals surface area contributed by atoms with Crippen LogP contribution in [-0.2, 0) is 23.9 Å². The lowest BCUT2D eigenvalue weighted by Crippen LogP contribution is -2.56. The largest absolute Gasteiger partial charge is 0.388 e. The van der Waals surface area contributed by atoms with Gasteiger partial charge in [-0.1, -0.05) is 19.3 Å². The van der Waals surface area contributed by atoms with Crippen LogP contribution in [0, 0.1) is 5.92 Å². The molecule has 11 nitrogen and oxygen atoms in total. The van der Waals surface area contributed by atoms with Crippen LogP contribution in [0.15, 0.2) is 0 Å². The summed E-state index contributed by atoms with van der Waals surface area (Å²) in [5, 5.41) is 24.5. The van der Waals surface area contributed by atoms with Crippen LogP contribution in [0.4, 0.5) is 0 Å². The maximum Gasteiger partial charge on any atom is 0.240 e. The molecule has 6 bridgehead atoms. The van der Waals surface area contributed by atoms with E-state index in [9.17, 15) is 24.6 Å². The van der Waals surface area contributed by atoms with Gasteiger partial charge in [-0.2, -0.15) is 0 Å². The van der Waals surface area contributed by atoms with Gasteiger partial charge < -0.3 is 34.8 Å². The van der Waals surface area contributed by atoms with Crippen LogP contribution in [0.2, 0.25) is 0 Å². The Morgan fingerprint density at radius 3 is 2.45 bits per heavy atom. The van der Waals surface area contributed by atoms with Gasteiger partial charge >= 0.3 is 0 Å². The van der Waals surface area contributed by atoms with E-state index in [2.05, 4.69) is 10.2 Å². The molecule has 212 valence electrons. The van der Waals surface area contributed by atoms with Crippen LogP contribution in [0.25, 0.3) is 0 Å². The third-order valence-corrected chi connectivity index (χ3v) is 9.39. The Morgan fingerprint density at radius 2 is 1.68 bits per heavy atom. The smallest absolute Gasteiger partial charge is 0.240 e. The van der Waals surface area contributed by atoms with Gasteiger partial charge in [0.15, 0.2) is 0 Å². The number of fused-ring (bicyclic) bond motifs is 6. The minimum atomic E-state index is -1.21. The van der Waals surface area contributed by atoms with Gasteiger partial charge in [0, 0.05) is 50.7 Å². The quantitative estimate of drug-likeness (QED) is 0.421. The number of ether oxygens (including phenoxy) is 2. The van der Waals surface area contributed by atoms with Crippen molar-refractivity contribution in [3.8, 4) is 0 Å². The van der Waals surface area contributed by atoms with Crippen molar-refractivity contribution < 1.29 is 34.1 Å². The molecule has 2 aliphatic carbocycles. The zero-order valence-electron chi connectivity index (χ0n) is 22.1. The van der Waals surface area contributed by atoms with Crippen LogP contribution in [0.3, 0.4) is 0 Å². The lowest BCUT2D eigenvalue weighted by Gasteiger charge is -2.40. The topological polar surface area (TPSA) is 132 Å². The zero-order valence-corrected chi connectivity index (χ0v) is 22.1. The van der Waals surface area contributed by atoms with Crippen LogP contribution in [-0.4, -0.2) is 131 Å². The van der Waals surface area contributed by atoms with Crippen molar-refractivity contribution in [3.05, 3.63) is 0 Å². The molecule has 2 saturated carbocycles. The minimum absolute atomic E-state index is 0.00763. The maximum absolute atomic E-state index is 13.9. The van der Waals surface area contributed by atoms with Crippen molar-refractivity contribution in [2.24, 2.45) is 5.92 Å². The Labute approximate surface area is 223 Å². The molecule has 0 unspecified atom stereocenters. The SMILES string of the molecule is O=C1C[C@@H]2O[C@H](CN(C(=O)C3CC3)C[C@@H]3CN(CCO3)C(=O)[C@@H]3C[C@@H](CN3C3CCCCC3)N1)[C@@H](O)[C@H]2O. The first-order valence-corrected chi connectivity index (χ1v) is 14.6. The molecule has 38 heavy (non-hydrogen) atoms. The molecule has 0 aromatic heterocycles. The fraction of sp³-hybridized carbons (Fsp3) is 0.889. The van der Waals surface area contributed by atoms with E-state index in [0.29, 0.717) is 45.2 Å². The Morgan fingerprint density at radius 1 is 0.921 bits per heavy atom. The number of likely N-dealkylation sites (tertiary alicyclic amines) is 1. The molecule has 3 amide bonds. The highest BCUT2D eigenvalue weighted by Gasteiger charge is 2.48. The van der Waals surface area contributed by atoms with Crippen molar-refractivity contribution in [3.63, 3.8) is 0 Å². The van der Waals surface area contributed by atoms with Crippen molar-refractivity contribution >= 4 is 17.7 Å². The average molecular weight is 535 g/mol. The summed E-state index contributed by atoms with van der Waals surface area (Å²) >= 11 is 0. The molecule has 6 fully saturated rings. The lowest BCUT2D eigenvalue weighted by molar-refractivity contribution is -0.148. The van der Waals surface area contributed by atoms with Gasteiger partial charge in [-0.05, 0) is 32.1 Å². The molecule has 6 aliphatic rings. The lowest BCUT2D eigenvalue weighted by atomic mass is 9.93. The number of amides is 3. The number of aliphatic hydroxyl groups excluding tert-OH is 2. The Balaban J connectivity index is 1.26. The molecule has 0 radical (unpaired) electrons. The van der Waals surface area contributed by atoms with E-state index in [1.54, 1.807) is 4.90 Å². The van der Waals surface area contributed by atoms with E-state index >= 15 is 0 Å². The van der Waals surface area contributed by atoms with Crippen LogP contribution in [0.1, 0.15) is 57.8 Å². The summed E-state index contributed by atoms with van der Waals surface area (Å²) in [6, 6.07) is -0.117. The summed E-state index contributed by atoms with van der Waals surface area (Å²) in [7, 11) is 0. The van der Waals surface area contributed by atoms with Gasteiger partial charge in [0.25, 0.3) is 0 Å². The molecule has 4 heterocycles. The fourth-order valence-electron chi connectivity index (χ4n) is 7.19. The summed E-state index contributed by atoms with van der Waals surface area (Å²) < 4.78 is 12.0. The van der Waals surface area contributed by atoms with Gasteiger partial charge in [0.1, 0.15) is 18.3 Å². The first-order valence-electron chi connectivity index (χ1n) is 14.6. The minimum Gasteiger partial charge on any atom is -0.388 e. The average Bonchev–Trinajstić information content (AvgIpc) is 3.64. The number of hydrogen-bond acceptors (Lipinski definition) is 8. The van der Waals surface area contributed by atoms with E-state index in [-0.39, 0.29) is 54.8 Å². The second-order valence-corrected chi connectivity index (χ2v) is 12.2. The Hall–Kier alpha value is -1.79. The standard InChI is InChI=1S/C27H42N4O7/c32-23-11-21-24(33)25(34)22(38-21)15-30(26(35)16-6-7-16)14-19-13-29(8-9-37-19)27(36)20-10-17(28-23)12-31(20)18-4-2-1-3-5-18/h16-22,24-25,33-34H,1-15H2,(H,28,32)/t17-,19-,20-,21-,22+,24-,25+/m0/s1. The van der Waals surface area contributed by atoms with Crippen LogP contribution in [0.5, 0.6) is 0 Å². The predicted molar refractivity (Wildman–Crippen MR) is 135 cm³/mol. The highest BCUT2D eigenvalue weighted by molar-refractivity contribution is 5.83.